The Labute approximate surface area is 74.7 Å². The molecule has 0 spiro atoms. The molecule has 0 N–H and O–H groups in total. The third-order valence-corrected chi connectivity index (χ3v) is 1.98. The highest BCUT2D eigenvalue weighted by Crippen LogP contribution is 2.18. The second kappa shape index (κ2) is 3.40. The number of piperidine rings is 1. The topological polar surface area (TPSA) is 37.4 Å². The third kappa shape index (κ3) is 2.47. The van der Waals surface area contributed by atoms with Gasteiger partial charge in [-0.25, -0.2) is 0 Å². The van der Waals surface area contributed by atoms with Crippen molar-refractivity contribution in [1.29, 1.82) is 0 Å². The Bertz CT molecular complexity index is 225. The summed E-state index contributed by atoms with van der Waals surface area (Å²) in [4.78, 5) is 22.8. The molecule has 0 radical (unpaired) electrons. The van der Waals surface area contributed by atoms with Crippen molar-refractivity contribution >= 4 is 11.7 Å². The molecule has 0 saturated carbocycles. The van der Waals surface area contributed by atoms with Gasteiger partial charge in [-0.3, -0.25) is 9.59 Å². The second-order valence-electron chi connectivity index (χ2n) is 3.22. The molecule has 1 saturated heterocycles. The summed E-state index contributed by atoms with van der Waals surface area (Å²) in [5, 5.41) is 0. The monoisotopic (exact) mass is 191 g/mol. The maximum atomic E-state index is 12.5. The molecule has 1 aliphatic rings. The van der Waals surface area contributed by atoms with Gasteiger partial charge in [0.15, 0.2) is 0 Å². The molecule has 1 aliphatic heterocycles. The van der Waals surface area contributed by atoms with E-state index in [1.165, 1.54) is 0 Å². The Morgan fingerprint density at radius 1 is 1.38 bits per heavy atom. The smallest absolute Gasteiger partial charge is 0.322 e. The molecule has 0 aromatic rings. The molecule has 5 heteroatoms. The van der Waals surface area contributed by atoms with Gasteiger partial charge in [0.05, 0.1) is 0 Å². The van der Waals surface area contributed by atoms with E-state index >= 15 is 0 Å². The molecule has 0 aliphatic carbocycles. The van der Waals surface area contributed by atoms with Crippen LogP contribution in [0.15, 0.2) is 0 Å². The van der Waals surface area contributed by atoms with Crippen LogP contribution in [0.4, 0.5) is 8.78 Å². The van der Waals surface area contributed by atoms with Crippen LogP contribution in [0.5, 0.6) is 0 Å². The summed E-state index contributed by atoms with van der Waals surface area (Å²) in [6.07, 6.45) is 0.392. The predicted molar refractivity (Wildman–Crippen MR) is 41.4 cm³/mol. The number of carbonyl (C=O) groups excluding carboxylic acids is 2. The first-order chi connectivity index (χ1) is 5.91. The number of ketones is 1. The molecule has 0 unspecified atom stereocenters. The summed E-state index contributed by atoms with van der Waals surface area (Å²) in [6.45, 7) is 0.827. The minimum Gasteiger partial charge on any atom is -0.337 e. The lowest BCUT2D eigenvalue weighted by molar-refractivity contribution is -0.156. The lowest BCUT2D eigenvalue weighted by Gasteiger charge is -2.28. The van der Waals surface area contributed by atoms with E-state index in [9.17, 15) is 18.4 Å². The minimum absolute atomic E-state index is 0.0310. The van der Waals surface area contributed by atoms with E-state index < -0.39 is 11.8 Å². The highest BCUT2D eigenvalue weighted by atomic mass is 19.3. The zero-order valence-corrected chi connectivity index (χ0v) is 7.35. The van der Waals surface area contributed by atoms with Gasteiger partial charge in [-0.1, -0.05) is 0 Å². The first-order valence-electron chi connectivity index (χ1n) is 4.10. The van der Waals surface area contributed by atoms with Crippen molar-refractivity contribution in [3.8, 4) is 0 Å². The molecule has 1 fully saturated rings. The standard InChI is InChI=1S/C8H11F2NO2/c1-8(9,10)7(13)11-4-2-6(12)3-5-11/h2-5H2,1H3. The Morgan fingerprint density at radius 2 is 1.85 bits per heavy atom. The van der Waals surface area contributed by atoms with Crippen LogP contribution >= 0.6 is 0 Å². The van der Waals surface area contributed by atoms with E-state index in [4.69, 9.17) is 0 Å². The van der Waals surface area contributed by atoms with Crippen LogP contribution in [0, 0.1) is 0 Å². The highest BCUT2D eigenvalue weighted by Gasteiger charge is 2.37. The molecular weight excluding hydrogens is 180 g/mol. The summed E-state index contributed by atoms with van der Waals surface area (Å²) in [6, 6.07) is 0. The Kier molecular flexibility index (Phi) is 2.63. The van der Waals surface area contributed by atoms with Crippen molar-refractivity contribution in [3.63, 3.8) is 0 Å². The van der Waals surface area contributed by atoms with Gasteiger partial charge in [-0.05, 0) is 0 Å². The molecule has 0 atom stereocenters. The van der Waals surface area contributed by atoms with Gasteiger partial charge in [0, 0.05) is 32.9 Å². The molecule has 0 aromatic carbocycles. The number of nitrogens with zero attached hydrogens (tertiary/aromatic N) is 1. The first kappa shape index (κ1) is 10.1. The SMILES string of the molecule is CC(F)(F)C(=O)N1CCC(=O)CC1. The number of Topliss-reactive ketones (excluding diaryl/α,β-unsaturated/α-hetero) is 1. The van der Waals surface area contributed by atoms with Gasteiger partial charge in [0.25, 0.3) is 5.91 Å². The number of rotatable bonds is 1. The number of likely N-dealkylation sites (tertiary alicyclic amines) is 1. The van der Waals surface area contributed by atoms with Gasteiger partial charge < -0.3 is 4.90 Å². The number of amides is 1. The lowest BCUT2D eigenvalue weighted by Crippen LogP contribution is -2.45. The summed E-state index contributed by atoms with van der Waals surface area (Å²) >= 11 is 0. The van der Waals surface area contributed by atoms with Crippen LogP contribution in [-0.2, 0) is 9.59 Å². The molecule has 3 nitrogen and oxygen atoms in total. The van der Waals surface area contributed by atoms with Crippen molar-refractivity contribution in [2.24, 2.45) is 0 Å². The van der Waals surface area contributed by atoms with Crippen molar-refractivity contribution in [2.75, 3.05) is 13.1 Å². The number of carbonyl (C=O) groups is 2. The minimum atomic E-state index is -3.32. The summed E-state index contributed by atoms with van der Waals surface area (Å²) in [5.74, 6) is -4.47. The van der Waals surface area contributed by atoms with Crippen LogP contribution in [0.25, 0.3) is 0 Å². The van der Waals surface area contributed by atoms with Gasteiger partial charge in [0.2, 0.25) is 0 Å². The largest absolute Gasteiger partial charge is 0.337 e. The molecular formula is C8H11F2NO2. The zero-order valence-electron chi connectivity index (χ0n) is 7.35. The Morgan fingerprint density at radius 3 is 2.23 bits per heavy atom. The van der Waals surface area contributed by atoms with Crippen molar-refractivity contribution in [1.82, 2.24) is 4.90 Å². The highest BCUT2D eigenvalue weighted by molar-refractivity contribution is 5.86. The molecule has 13 heavy (non-hydrogen) atoms. The van der Waals surface area contributed by atoms with Crippen LogP contribution in [-0.4, -0.2) is 35.6 Å². The van der Waals surface area contributed by atoms with E-state index in [1.54, 1.807) is 0 Å². The van der Waals surface area contributed by atoms with E-state index in [0.717, 1.165) is 4.90 Å². The van der Waals surface area contributed by atoms with E-state index in [0.29, 0.717) is 6.92 Å². The van der Waals surface area contributed by atoms with Crippen LogP contribution in [0.1, 0.15) is 19.8 Å². The third-order valence-electron chi connectivity index (χ3n) is 1.98. The summed E-state index contributed by atoms with van der Waals surface area (Å²) in [7, 11) is 0. The van der Waals surface area contributed by atoms with E-state index in [-0.39, 0.29) is 31.7 Å². The molecule has 1 rings (SSSR count). The fraction of sp³-hybridized carbons (Fsp3) is 0.750. The van der Waals surface area contributed by atoms with Crippen molar-refractivity contribution < 1.29 is 18.4 Å². The summed E-state index contributed by atoms with van der Waals surface area (Å²) < 4.78 is 25.0. The fourth-order valence-corrected chi connectivity index (χ4v) is 1.24. The maximum absolute atomic E-state index is 12.5. The average Bonchev–Trinajstić information content (AvgIpc) is 2.03. The predicted octanol–water partition coefficient (Wildman–Crippen LogP) is 0.833. The molecule has 0 aromatic heterocycles. The van der Waals surface area contributed by atoms with Gasteiger partial charge >= 0.3 is 5.92 Å². The number of hydrogen-bond donors (Lipinski definition) is 0. The fourth-order valence-electron chi connectivity index (χ4n) is 1.24. The van der Waals surface area contributed by atoms with Gasteiger partial charge in [-0.15, -0.1) is 0 Å². The quantitative estimate of drug-likeness (QED) is 0.615. The average molecular weight is 191 g/mol. The zero-order chi connectivity index (χ0) is 10.1. The van der Waals surface area contributed by atoms with Gasteiger partial charge in [-0.2, -0.15) is 8.78 Å². The molecule has 1 amide bonds. The van der Waals surface area contributed by atoms with Crippen molar-refractivity contribution in [3.05, 3.63) is 0 Å². The number of alkyl halides is 2. The number of halogens is 2. The molecule has 74 valence electrons. The molecule has 1 heterocycles. The van der Waals surface area contributed by atoms with Crippen LogP contribution in [0.2, 0.25) is 0 Å². The van der Waals surface area contributed by atoms with Crippen LogP contribution in [0.3, 0.4) is 0 Å². The van der Waals surface area contributed by atoms with Crippen molar-refractivity contribution in [2.45, 2.75) is 25.7 Å². The normalized spacial score (nSPS) is 19.0. The Hall–Kier alpha value is -1.00. The van der Waals surface area contributed by atoms with E-state index in [2.05, 4.69) is 0 Å². The Balaban J connectivity index is 2.55. The van der Waals surface area contributed by atoms with E-state index in [1.807, 2.05) is 0 Å². The van der Waals surface area contributed by atoms with Crippen LogP contribution < -0.4 is 0 Å². The second-order valence-corrected chi connectivity index (χ2v) is 3.22. The first-order valence-corrected chi connectivity index (χ1v) is 4.10. The number of hydrogen-bond acceptors (Lipinski definition) is 2. The maximum Gasteiger partial charge on any atom is 0.322 e. The summed E-state index contributed by atoms with van der Waals surface area (Å²) in [5.41, 5.74) is 0. The van der Waals surface area contributed by atoms with Gasteiger partial charge in [0.1, 0.15) is 5.78 Å². The lowest BCUT2D eigenvalue weighted by atomic mass is 10.1. The molecule has 0 bridgehead atoms.